The van der Waals surface area contributed by atoms with Crippen molar-refractivity contribution in [2.75, 3.05) is 20.2 Å². The Morgan fingerprint density at radius 2 is 1.79 bits per heavy atom. The zero-order chi connectivity index (χ0) is 14.5. The van der Waals surface area contributed by atoms with Gasteiger partial charge in [0, 0.05) is 19.1 Å². The molecule has 0 spiro atoms. The van der Waals surface area contributed by atoms with Gasteiger partial charge in [-0.1, -0.05) is 32.9 Å². The number of hydrogen-bond acceptors (Lipinski definition) is 3. The largest absolute Gasteiger partial charge is 0.492 e. The lowest BCUT2D eigenvalue weighted by Crippen LogP contribution is -2.41. The molecule has 108 valence electrons. The Hall–Kier alpha value is -1.06. The zero-order valence-electron chi connectivity index (χ0n) is 12.9. The number of rotatable bonds is 6. The second-order valence-electron chi connectivity index (χ2n) is 6.22. The lowest BCUT2D eigenvalue weighted by molar-refractivity contribution is 0.121. The van der Waals surface area contributed by atoms with Crippen molar-refractivity contribution in [2.45, 2.75) is 40.3 Å². The molecule has 3 heteroatoms. The monoisotopic (exact) mass is 264 g/mol. The van der Waals surface area contributed by atoms with Gasteiger partial charge in [0.05, 0.1) is 0 Å². The summed E-state index contributed by atoms with van der Waals surface area (Å²) in [5.74, 6) is 0.911. The molecule has 0 amide bonds. The molecule has 0 saturated carbocycles. The molecule has 1 rings (SSSR count). The normalized spacial score (nSPS) is 13.6. The third-order valence-corrected chi connectivity index (χ3v) is 3.79. The van der Waals surface area contributed by atoms with Crippen LogP contribution in [0.1, 0.15) is 33.3 Å². The van der Waals surface area contributed by atoms with Crippen molar-refractivity contribution in [3.05, 3.63) is 29.8 Å². The fourth-order valence-electron chi connectivity index (χ4n) is 1.88. The van der Waals surface area contributed by atoms with E-state index in [0.29, 0.717) is 19.2 Å². The highest BCUT2D eigenvalue weighted by molar-refractivity contribution is 5.27. The molecule has 0 aromatic heterocycles. The molecule has 1 aromatic carbocycles. The molecule has 2 N–H and O–H groups in total. The lowest BCUT2D eigenvalue weighted by atomic mass is 9.87. The predicted molar refractivity (Wildman–Crippen MR) is 81.4 cm³/mol. The first-order chi connectivity index (χ1) is 8.84. The van der Waals surface area contributed by atoms with E-state index >= 15 is 0 Å². The molecule has 1 aromatic rings. The van der Waals surface area contributed by atoms with Gasteiger partial charge in [-0.25, -0.2) is 0 Å². The maximum Gasteiger partial charge on any atom is 0.119 e. The predicted octanol–water partition coefficient (Wildman–Crippen LogP) is 2.89. The standard InChI is InChI=1S/C16H28N2O/c1-13(16(2,3)4)18(5)10-11-19-15-8-6-14(12-17)7-9-15/h6-9,13H,10-12,17H2,1-5H3. The van der Waals surface area contributed by atoms with Crippen LogP contribution in [-0.2, 0) is 6.54 Å². The molecule has 0 bridgehead atoms. The number of nitrogens with zero attached hydrogens (tertiary/aromatic N) is 1. The van der Waals surface area contributed by atoms with E-state index < -0.39 is 0 Å². The minimum absolute atomic E-state index is 0.289. The number of likely N-dealkylation sites (N-methyl/N-ethyl adjacent to an activating group) is 1. The van der Waals surface area contributed by atoms with Gasteiger partial charge < -0.3 is 10.5 Å². The third kappa shape index (κ3) is 5.21. The van der Waals surface area contributed by atoms with Gasteiger partial charge in [0.2, 0.25) is 0 Å². The molecule has 0 aliphatic heterocycles. The SMILES string of the molecule is CC(N(C)CCOc1ccc(CN)cc1)C(C)(C)C. The molecule has 0 aliphatic carbocycles. The van der Waals surface area contributed by atoms with Crippen LogP contribution in [0.25, 0.3) is 0 Å². The lowest BCUT2D eigenvalue weighted by Gasteiger charge is -2.35. The van der Waals surface area contributed by atoms with Crippen LogP contribution in [-0.4, -0.2) is 31.1 Å². The van der Waals surface area contributed by atoms with Crippen LogP contribution in [0.4, 0.5) is 0 Å². The quantitative estimate of drug-likeness (QED) is 0.858. The van der Waals surface area contributed by atoms with E-state index in [1.165, 1.54) is 0 Å². The first-order valence-corrected chi connectivity index (χ1v) is 6.96. The summed E-state index contributed by atoms with van der Waals surface area (Å²) in [6.07, 6.45) is 0. The molecular weight excluding hydrogens is 236 g/mol. The fourth-order valence-corrected chi connectivity index (χ4v) is 1.88. The van der Waals surface area contributed by atoms with Crippen LogP contribution in [0.5, 0.6) is 5.75 Å². The fraction of sp³-hybridized carbons (Fsp3) is 0.625. The van der Waals surface area contributed by atoms with E-state index in [1.807, 2.05) is 24.3 Å². The molecule has 0 radical (unpaired) electrons. The van der Waals surface area contributed by atoms with E-state index in [0.717, 1.165) is 17.9 Å². The molecule has 0 saturated heterocycles. The molecule has 0 heterocycles. The minimum Gasteiger partial charge on any atom is -0.492 e. The second kappa shape index (κ2) is 6.92. The van der Waals surface area contributed by atoms with E-state index in [4.69, 9.17) is 10.5 Å². The minimum atomic E-state index is 0.289. The zero-order valence-corrected chi connectivity index (χ0v) is 12.9. The molecule has 0 aliphatic rings. The summed E-state index contributed by atoms with van der Waals surface area (Å²) in [5, 5.41) is 0. The molecule has 3 nitrogen and oxygen atoms in total. The van der Waals surface area contributed by atoms with Crippen LogP contribution in [0, 0.1) is 5.41 Å². The summed E-state index contributed by atoms with van der Waals surface area (Å²) in [7, 11) is 2.15. The van der Waals surface area contributed by atoms with Crippen molar-refractivity contribution in [1.82, 2.24) is 4.90 Å². The summed E-state index contributed by atoms with van der Waals surface area (Å²) in [6.45, 7) is 11.3. The van der Waals surface area contributed by atoms with Gasteiger partial charge in [-0.15, -0.1) is 0 Å². The van der Waals surface area contributed by atoms with Crippen LogP contribution in [0.15, 0.2) is 24.3 Å². The van der Waals surface area contributed by atoms with Crippen LogP contribution >= 0.6 is 0 Å². The van der Waals surface area contributed by atoms with Crippen molar-refractivity contribution >= 4 is 0 Å². The topological polar surface area (TPSA) is 38.5 Å². The Morgan fingerprint density at radius 3 is 2.26 bits per heavy atom. The summed E-state index contributed by atoms with van der Waals surface area (Å²) in [4.78, 5) is 2.34. The van der Waals surface area contributed by atoms with Crippen molar-refractivity contribution in [1.29, 1.82) is 0 Å². The highest BCUT2D eigenvalue weighted by atomic mass is 16.5. The first kappa shape index (κ1) is 16.0. The van der Waals surface area contributed by atoms with Crippen molar-refractivity contribution in [3.8, 4) is 5.75 Å². The van der Waals surface area contributed by atoms with Crippen LogP contribution in [0.2, 0.25) is 0 Å². The highest BCUT2D eigenvalue weighted by Crippen LogP contribution is 2.22. The molecule has 1 unspecified atom stereocenters. The summed E-state index contributed by atoms with van der Waals surface area (Å²) < 4.78 is 5.76. The van der Waals surface area contributed by atoms with Gasteiger partial charge in [0.1, 0.15) is 12.4 Å². The summed E-state index contributed by atoms with van der Waals surface area (Å²) in [6, 6.07) is 8.51. The number of hydrogen-bond donors (Lipinski definition) is 1. The molecule has 1 atom stereocenters. The average molecular weight is 264 g/mol. The van der Waals surface area contributed by atoms with E-state index in [-0.39, 0.29) is 5.41 Å². The maximum atomic E-state index is 5.76. The molecule has 0 fully saturated rings. The van der Waals surface area contributed by atoms with Crippen LogP contribution in [0.3, 0.4) is 0 Å². The first-order valence-electron chi connectivity index (χ1n) is 6.96. The Bertz CT molecular complexity index is 367. The van der Waals surface area contributed by atoms with Gasteiger partial charge in [-0.2, -0.15) is 0 Å². The van der Waals surface area contributed by atoms with Crippen molar-refractivity contribution < 1.29 is 4.74 Å². The van der Waals surface area contributed by atoms with Gasteiger partial charge in [0.25, 0.3) is 0 Å². The highest BCUT2D eigenvalue weighted by Gasteiger charge is 2.23. The molecule has 19 heavy (non-hydrogen) atoms. The van der Waals surface area contributed by atoms with Gasteiger partial charge in [-0.3, -0.25) is 4.90 Å². The van der Waals surface area contributed by atoms with Gasteiger partial charge in [0.15, 0.2) is 0 Å². The maximum absolute atomic E-state index is 5.76. The Balaban J connectivity index is 2.37. The number of nitrogens with two attached hydrogens (primary N) is 1. The van der Waals surface area contributed by atoms with Crippen molar-refractivity contribution in [3.63, 3.8) is 0 Å². The smallest absolute Gasteiger partial charge is 0.119 e. The van der Waals surface area contributed by atoms with Gasteiger partial charge >= 0.3 is 0 Å². The van der Waals surface area contributed by atoms with Crippen LogP contribution < -0.4 is 10.5 Å². The summed E-state index contributed by atoms with van der Waals surface area (Å²) in [5.41, 5.74) is 6.99. The van der Waals surface area contributed by atoms with E-state index in [2.05, 4.69) is 39.6 Å². The van der Waals surface area contributed by atoms with E-state index in [9.17, 15) is 0 Å². The molecular formula is C16H28N2O. The third-order valence-electron chi connectivity index (χ3n) is 3.79. The number of ether oxygens (including phenoxy) is 1. The van der Waals surface area contributed by atoms with E-state index in [1.54, 1.807) is 0 Å². The van der Waals surface area contributed by atoms with Crippen molar-refractivity contribution in [2.24, 2.45) is 11.1 Å². The summed E-state index contributed by atoms with van der Waals surface area (Å²) >= 11 is 0. The average Bonchev–Trinajstić information content (AvgIpc) is 2.37. The number of benzene rings is 1. The Kier molecular flexibility index (Phi) is 5.83. The second-order valence-corrected chi connectivity index (χ2v) is 6.22. The Morgan fingerprint density at radius 1 is 1.21 bits per heavy atom. The Labute approximate surface area is 117 Å². The van der Waals surface area contributed by atoms with Gasteiger partial charge in [-0.05, 0) is 37.1 Å².